The summed E-state index contributed by atoms with van der Waals surface area (Å²) in [6, 6.07) is 78.9. The topological polar surface area (TPSA) is 4.93 Å². The van der Waals surface area contributed by atoms with Crippen molar-refractivity contribution in [3.8, 4) is 50.2 Å². The molecule has 272 valence electrons. The van der Waals surface area contributed by atoms with Gasteiger partial charge in [0, 0.05) is 28.3 Å². The van der Waals surface area contributed by atoms with Gasteiger partial charge in [0.15, 0.2) is 0 Å². The van der Waals surface area contributed by atoms with Crippen LogP contribution in [0.25, 0.3) is 72.0 Å². The quantitative estimate of drug-likeness (QED) is 0.160. The van der Waals surface area contributed by atoms with E-state index in [4.69, 9.17) is 0 Å². The number of rotatable bonds is 6. The number of benzene rings is 9. The van der Waals surface area contributed by atoms with Crippen molar-refractivity contribution in [2.24, 2.45) is 0 Å². The molecule has 2 aliphatic rings. The highest BCUT2D eigenvalue weighted by Crippen LogP contribution is 2.51. The Morgan fingerprint density at radius 1 is 0.345 bits per heavy atom. The van der Waals surface area contributed by atoms with Crippen LogP contribution in [0.3, 0.4) is 0 Å². The fourth-order valence-electron chi connectivity index (χ4n) is 10.2. The van der Waals surface area contributed by atoms with Gasteiger partial charge in [-0.3, -0.25) is 0 Å². The molecule has 0 saturated heterocycles. The molecule has 0 spiro atoms. The lowest BCUT2D eigenvalue weighted by Crippen LogP contribution is -2.03. The van der Waals surface area contributed by atoms with Crippen LogP contribution in [0, 0.1) is 0 Å². The summed E-state index contributed by atoms with van der Waals surface area (Å²) in [5.41, 5.74) is 22.4. The Balaban J connectivity index is 0.867. The van der Waals surface area contributed by atoms with Crippen molar-refractivity contribution in [3.05, 3.63) is 246 Å². The molecule has 0 amide bonds. The molecular formula is C57H39N. The van der Waals surface area contributed by atoms with Crippen LogP contribution in [-0.4, -0.2) is 4.57 Å². The summed E-state index contributed by atoms with van der Waals surface area (Å²) in [6.45, 7) is 0. The van der Waals surface area contributed by atoms with Gasteiger partial charge in [0.2, 0.25) is 0 Å². The maximum atomic E-state index is 2.50. The molecule has 1 aromatic heterocycles. The first kappa shape index (κ1) is 33.0. The van der Waals surface area contributed by atoms with E-state index in [-0.39, 0.29) is 5.92 Å². The summed E-state index contributed by atoms with van der Waals surface area (Å²) in [5, 5.41) is 2.54. The Labute approximate surface area is 339 Å². The SMILES string of the molecule is c1ccc(-c2ccc3c(c2)c2ccccc2n3-c2ccc(-c3cccc(CC4c5ccccc5-c5cc(C6c7ccccc7-c7ccccc76)ccc54)c3)cc2)cc1. The average Bonchev–Trinajstić information content (AvgIpc) is 3.92. The lowest BCUT2D eigenvalue weighted by molar-refractivity contribution is 0.826. The lowest BCUT2D eigenvalue weighted by atomic mass is 9.85. The summed E-state index contributed by atoms with van der Waals surface area (Å²) in [6.07, 6.45) is 0.955. The third-order valence-electron chi connectivity index (χ3n) is 12.9. The molecule has 0 radical (unpaired) electrons. The summed E-state index contributed by atoms with van der Waals surface area (Å²) >= 11 is 0. The number of hydrogen-bond acceptors (Lipinski definition) is 0. The van der Waals surface area contributed by atoms with Crippen LogP contribution < -0.4 is 0 Å². The monoisotopic (exact) mass is 737 g/mol. The van der Waals surface area contributed by atoms with Gasteiger partial charge in [0.1, 0.15) is 0 Å². The smallest absolute Gasteiger partial charge is 0.0541 e. The molecule has 1 heterocycles. The first-order chi connectivity index (χ1) is 28.8. The van der Waals surface area contributed by atoms with Gasteiger partial charge in [-0.1, -0.05) is 176 Å². The first-order valence-corrected chi connectivity index (χ1v) is 20.5. The van der Waals surface area contributed by atoms with Crippen LogP contribution in [0.4, 0.5) is 0 Å². The second-order valence-electron chi connectivity index (χ2n) is 16.0. The first-order valence-electron chi connectivity index (χ1n) is 20.5. The second-order valence-corrected chi connectivity index (χ2v) is 16.0. The molecule has 0 aliphatic heterocycles. The molecule has 1 heteroatoms. The highest BCUT2D eigenvalue weighted by atomic mass is 15.0. The molecule has 10 aromatic rings. The molecular weight excluding hydrogens is 699 g/mol. The number of hydrogen-bond donors (Lipinski definition) is 0. The molecule has 0 saturated carbocycles. The average molecular weight is 738 g/mol. The van der Waals surface area contributed by atoms with Gasteiger partial charge in [-0.25, -0.2) is 0 Å². The third kappa shape index (κ3) is 5.17. The highest BCUT2D eigenvalue weighted by Gasteiger charge is 2.33. The van der Waals surface area contributed by atoms with Crippen molar-refractivity contribution in [3.63, 3.8) is 0 Å². The van der Waals surface area contributed by atoms with Crippen molar-refractivity contribution in [1.29, 1.82) is 0 Å². The standard InChI is InChI=1S/C57H39N/c1-2-14-38(15-3-1)41-28-32-56-54(35-41)49-21-10-11-24-55(49)58(56)43-29-25-39(26-30-43)40-16-12-13-37(33-40)34-52-46-19-4-5-20-47(46)53-36-42(27-31-48(52)53)57-50-22-8-6-17-44(50)45-18-7-9-23-51(45)57/h1-33,35-36,52,57H,34H2. The van der Waals surface area contributed by atoms with Crippen LogP contribution >= 0.6 is 0 Å². The summed E-state index contributed by atoms with van der Waals surface area (Å²) in [5.74, 6) is 0.549. The van der Waals surface area contributed by atoms with E-state index in [0.29, 0.717) is 5.92 Å². The van der Waals surface area contributed by atoms with E-state index in [0.717, 1.165) is 6.42 Å². The van der Waals surface area contributed by atoms with Crippen LogP contribution in [0.15, 0.2) is 212 Å². The van der Waals surface area contributed by atoms with E-state index in [1.807, 2.05) is 0 Å². The third-order valence-corrected chi connectivity index (χ3v) is 12.9. The zero-order chi connectivity index (χ0) is 38.2. The number of fused-ring (bicyclic) bond motifs is 9. The van der Waals surface area contributed by atoms with Crippen LogP contribution in [-0.2, 0) is 6.42 Å². The van der Waals surface area contributed by atoms with Crippen molar-refractivity contribution in [2.75, 3.05) is 0 Å². The minimum absolute atomic E-state index is 0.245. The molecule has 0 bridgehead atoms. The van der Waals surface area contributed by atoms with Crippen LogP contribution in [0.1, 0.15) is 45.2 Å². The summed E-state index contributed by atoms with van der Waals surface area (Å²) in [4.78, 5) is 0. The Morgan fingerprint density at radius 3 is 1.69 bits per heavy atom. The minimum Gasteiger partial charge on any atom is -0.309 e. The minimum atomic E-state index is 0.245. The van der Waals surface area contributed by atoms with E-state index in [9.17, 15) is 0 Å². The predicted octanol–water partition coefficient (Wildman–Crippen LogP) is 14.6. The number of aromatic nitrogens is 1. The lowest BCUT2D eigenvalue weighted by Gasteiger charge is -2.18. The molecule has 0 N–H and O–H groups in total. The molecule has 58 heavy (non-hydrogen) atoms. The van der Waals surface area contributed by atoms with E-state index in [1.165, 1.54) is 105 Å². The van der Waals surface area contributed by atoms with Gasteiger partial charge in [-0.05, 0) is 121 Å². The van der Waals surface area contributed by atoms with Gasteiger partial charge >= 0.3 is 0 Å². The van der Waals surface area contributed by atoms with E-state index < -0.39 is 0 Å². The Bertz CT molecular complexity index is 3160. The summed E-state index contributed by atoms with van der Waals surface area (Å²) < 4.78 is 2.41. The zero-order valence-corrected chi connectivity index (χ0v) is 32.0. The maximum absolute atomic E-state index is 2.50. The predicted molar refractivity (Wildman–Crippen MR) is 242 cm³/mol. The van der Waals surface area contributed by atoms with E-state index in [1.54, 1.807) is 0 Å². The second kappa shape index (κ2) is 13.2. The largest absolute Gasteiger partial charge is 0.309 e. The highest BCUT2D eigenvalue weighted by molar-refractivity contribution is 6.10. The fraction of sp³-hybridized carbons (Fsp3) is 0.0526. The van der Waals surface area contributed by atoms with E-state index >= 15 is 0 Å². The molecule has 1 nitrogen and oxygen atoms in total. The van der Waals surface area contributed by atoms with Crippen molar-refractivity contribution in [2.45, 2.75) is 18.3 Å². The van der Waals surface area contributed by atoms with Gasteiger partial charge in [0.25, 0.3) is 0 Å². The number of nitrogens with zero attached hydrogens (tertiary/aromatic N) is 1. The van der Waals surface area contributed by atoms with Crippen molar-refractivity contribution >= 4 is 21.8 Å². The van der Waals surface area contributed by atoms with Crippen LogP contribution in [0.5, 0.6) is 0 Å². The summed E-state index contributed by atoms with van der Waals surface area (Å²) in [7, 11) is 0. The Morgan fingerprint density at radius 2 is 0.914 bits per heavy atom. The van der Waals surface area contributed by atoms with Crippen LogP contribution in [0.2, 0.25) is 0 Å². The fourth-order valence-corrected chi connectivity index (χ4v) is 10.2. The van der Waals surface area contributed by atoms with Crippen molar-refractivity contribution < 1.29 is 0 Å². The number of para-hydroxylation sites is 1. The molecule has 1 unspecified atom stereocenters. The zero-order valence-electron chi connectivity index (χ0n) is 32.0. The maximum Gasteiger partial charge on any atom is 0.0541 e. The molecule has 1 atom stereocenters. The normalized spacial score (nSPS) is 14.0. The molecule has 0 fully saturated rings. The molecule has 9 aromatic carbocycles. The van der Waals surface area contributed by atoms with Gasteiger partial charge in [0.05, 0.1) is 11.0 Å². The van der Waals surface area contributed by atoms with E-state index in [2.05, 4.69) is 217 Å². The van der Waals surface area contributed by atoms with Gasteiger partial charge < -0.3 is 4.57 Å². The van der Waals surface area contributed by atoms with Crippen molar-refractivity contribution in [1.82, 2.24) is 4.57 Å². The Kier molecular flexibility index (Phi) is 7.50. The van der Waals surface area contributed by atoms with Gasteiger partial charge in [-0.2, -0.15) is 0 Å². The molecule has 2 aliphatic carbocycles. The Hall–Kier alpha value is -7.22. The van der Waals surface area contributed by atoms with Gasteiger partial charge in [-0.15, -0.1) is 0 Å². The molecule has 12 rings (SSSR count).